The van der Waals surface area contributed by atoms with Crippen molar-refractivity contribution in [2.45, 2.75) is 12.5 Å². The van der Waals surface area contributed by atoms with Crippen molar-refractivity contribution in [3.05, 3.63) is 100 Å². The monoisotopic (exact) mass is 460 g/mol. The Labute approximate surface area is 181 Å². The van der Waals surface area contributed by atoms with Gasteiger partial charge in [-0.15, -0.1) is 11.3 Å². The molecule has 2 aromatic heterocycles. The molecular weight excluding hydrogens is 444 g/mol. The van der Waals surface area contributed by atoms with Gasteiger partial charge in [-0.1, -0.05) is 64.5 Å². The van der Waals surface area contributed by atoms with Gasteiger partial charge in [0.2, 0.25) is 5.13 Å². The fourth-order valence-electron chi connectivity index (χ4n) is 3.45. The summed E-state index contributed by atoms with van der Waals surface area (Å²) >= 11 is 5.13. The van der Waals surface area contributed by atoms with Crippen molar-refractivity contribution in [2.75, 3.05) is 5.01 Å². The molecular formula is C23H17BrN4S. The van der Waals surface area contributed by atoms with Crippen LogP contribution in [0.3, 0.4) is 0 Å². The number of hydrazone groups is 1. The third-order valence-corrected chi connectivity index (χ3v) is 6.27. The van der Waals surface area contributed by atoms with Crippen molar-refractivity contribution in [2.24, 2.45) is 5.10 Å². The lowest BCUT2D eigenvalue weighted by Crippen LogP contribution is -2.18. The third-order valence-electron chi connectivity index (χ3n) is 4.91. The average Bonchev–Trinajstić information content (AvgIpc) is 3.43. The number of halogens is 1. The molecule has 0 spiro atoms. The molecule has 1 aliphatic rings. The van der Waals surface area contributed by atoms with Crippen LogP contribution in [0.5, 0.6) is 0 Å². The van der Waals surface area contributed by atoms with Crippen molar-refractivity contribution in [3.63, 3.8) is 0 Å². The predicted octanol–water partition coefficient (Wildman–Crippen LogP) is 6.32. The van der Waals surface area contributed by atoms with Crippen LogP contribution >= 0.6 is 27.3 Å². The average molecular weight is 461 g/mol. The van der Waals surface area contributed by atoms with Crippen LogP contribution in [0, 0.1) is 0 Å². The maximum absolute atomic E-state index is 4.98. The summed E-state index contributed by atoms with van der Waals surface area (Å²) < 4.78 is 1.06. The molecule has 1 atom stereocenters. The van der Waals surface area contributed by atoms with E-state index in [1.807, 2.05) is 35.5 Å². The van der Waals surface area contributed by atoms with Gasteiger partial charge in [-0.2, -0.15) is 5.10 Å². The predicted molar refractivity (Wildman–Crippen MR) is 122 cm³/mol. The molecule has 4 nitrogen and oxygen atoms in total. The molecule has 0 bridgehead atoms. The molecule has 0 radical (unpaired) electrons. The van der Waals surface area contributed by atoms with E-state index in [0.717, 1.165) is 44.1 Å². The number of rotatable bonds is 4. The van der Waals surface area contributed by atoms with Gasteiger partial charge >= 0.3 is 0 Å². The van der Waals surface area contributed by atoms with Crippen molar-refractivity contribution in [1.29, 1.82) is 0 Å². The Morgan fingerprint density at radius 3 is 2.52 bits per heavy atom. The summed E-state index contributed by atoms with van der Waals surface area (Å²) in [6.07, 6.45) is 4.53. The summed E-state index contributed by atoms with van der Waals surface area (Å²) in [5.74, 6) is 0. The van der Waals surface area contributed by atoms with E-state index in [1.165, 1.54) is 0 Å². The van der Waals surface area contributed by atoms with Crippen LogP contribution in [0.2, 0.25) is 0 Å². The van der Waals surface area contributed by atoms with Gasteiger partial charge in [-0.05, 0) is 29.3 Å². The maximum atomic E-state index is 4.98. The fraction of sp³-hybridized carbons (Fsp3) is 0.0870. The van der Waals surface area contributed by atoms with Crippen molar-refractivity contribution in [1.82, 2.24) is 9.97 Å². The number of thiazole rings is 1. The van der Waals surface area contributed by atoms with Gasteiger partial charge in [0.15, 0.2) is 0 Å². The molecule has 4 aromatic rings. The summed E-state index contributed by atoms with van der Waals surface area (Å²) in [6.45, 7) is 0. The van der Waals surface area contributed by atoms with Crippen LogP contribution in [0.25, 0.3) is 11.3 Å². The summed E-state index contributed by atoms with van der Waals surface area (Å²) in [5, 5.41) is 10.0. The van der Waals surface area contributed by atoms with Crippen LogP contribution < -0.4 is 5.01 Å². The molecule has 0 amide bonds. The fourth-order valence-corrected chi connectivity index (χ4v) is 4.54. The molecule has 1 aliphatic heterocycles. The second-order valence-corrected chi connectivity index (χ2v) is 8.54. The highest BCUT2D eigenvalue weighted by Gasteiger charge is 2.31. The summed E-state index contributed by atoms with van der Waals surface area (Å²) in [7, 11) is 0. The van der Waals surface area contributed by atoms with E-state index < -0.39 is 0 Å². The van der Waals surface area contributed by atoms with Crippen molar-refractivity contribution >= 4 is 38.1 Å². The van der Waals surface area contributed by atoms with E-state index in [-0.39, 0.29) is 6.04 Å². The Bertz CT molecular complexity index is 1140. The first-order valence-corrected chi connectivity index (χ1v) is 11.0. The first-order chi connectivity index (χ1) is 14.3. The van der Waals surface area contributed by atoms with Crippen LogP contribution in [0.15, 0.2) is 94.1 Å². The number of benzene rings is 2. The van der Waals surface area contributed by atoms with Crippen LogP contribution in [-0.4, -0.2) is 15.7 Å². The van der Waals surface area contributed by atoms with Gasteiger partial charge in [-0.3, -0.25) is 4.98 Å². The number of pyridine rings is 1. The van der Waals surface area contributed by atoms with Gasteiger partial charge < -0.3 is 0 Å². The van der Waals surface area contributed by atoms with Crippen molar-refractivity contribution < 1.29 is 0 Å². The Morgan fingerprint density at radius 1 is 0.931 bits per heavy atom. The minimum absolute atomic E-state index is 0.0807. The smallest absolute Gasteiger partial charge is 0.207 e. The maximum Gasteiger partial charge on any atom is 0.207 e. The van der Waals surface area contributed by atoms with E-state index in [9.17, 15) is 0 Å². The molecule has 0 fully saturated rings. The molecule has 142 valence electrons. The molecule has 6 heteroatoms. The Hall–Kier alpha value is -2.83. The first-order valence-electron chi connectivity index (χ1n) is 9.31. The molecule has 29 heavy (non-hydrogen) atoms. The summed E-state index contributed by atoms with van der Waals surface area (Å²) in [4.78, 5) is 9.21. The lowest BCUT2D eigenvalue weighted by atomic mass is 10.00. The van der Waals surface area contributed by atoms with Crippen LogP contribution in [0.4, 0.5) is 5.13 Å². The number of hydrogen-bond donors (Lipinski definition) is 0. The van der Waals surface area contributed by atoms with E-state index >= 15 is 0 Å². The lowest BCUT2D eigenvalue weighted by Gasteiger charge is -2.20. The molecule has 2 aromatic carbocycles. The van der Waals surface area contributed by atoms with Crippen molar-refractivity contribution in [3.8, 4) is 11.3 Å². The van der Waals surface area contributed by atoms with Gasteiger partial charge in [0, 0.05) is 34.2 Å². The number of nitrogens with zero attached hydrogens (tertiary/aromatic N) is 4. The molecule has 0 N–H and O–H groups in total. The minimum Gasteiger partial charge on any atom is -0.264 e. The first kappa shape index (κ1) is 18.2. The van der Waals surface area contributed by atoms with Crippen LogP contribution in [-0.2, 0) is 0 Å². The quantitative estimate of drug-likeness (QED) is 0.357. The molecule has 0 aliphatic carbocycles. The zero-order valence-corrected chi connectivity index (χ0v) is 17.8. The zero-order valence-electron chi connectivity index (χ0n) is 15.4. The highest BCUT2D eigenvalue weighted by atomic mass is 79.9. The number of anilines is 1. The number of aromatic nitrogens is 2. The van der Waals surface area contributed by atoms with Crippen LogP contribution in [0.1, 0.15) is 23.6 Å². The van der Waals surface area contributed by atoms with Gasteiger partial charge in [-0.25, -0.2) is 9.99 Å². The molecule has 5 rings (SSSR count). The lowest BCUT2D eigenvalue weighted by molar-refractivity contribution is 0.703. The van der Waals surface area contributed by atoms with E-state index in [1.54, 1.807) is 17.5 Å². The Kier molecular flexibility index (Phi) is 4.96. The summed E-state index contributed by atoms with van der Waals surface area (Å²) in [5.41, 5.74) is 5.42. The normalized spacial score (nSPS) is 16.1. The Morgan fingerprint density at radius 2 is 1.76 bits per heavy atom. The number of hydrogen-bond acceptors (Lipinski definition) is 5. The van der Waals surface area contributed by atoms with E-state index in [0.29, 0.717) is 0 Å². The molecule has 3 heterocycles. The third kappa shape index (κ3) is 3.73. The van der Waals surface area contributed by atoms with Gasteiger partial charge in [0.25, 0.3) is 0 Å². The molecule has 0 saturated carbocycles. The zero-order chi connectivity index (χ0) is 19.6. The Balaban J connectivity index is 1.53. The SMILES string of the molecule is Brc1ccc(C2=NN(c3nc(-c4ccccc4)cs3)C(c3cccnc3)C2)cc1. The molecule has 1 unspecified atom stereocenters. The summed E-state index contributed by atoms with van der Waals surface area (Å²) in [6, 6.07) is 22.7. The molecule has 0 saturated heterocycles. The highest BCUT2D eigenvalue weighted by molar-refractivity contribution is 9.10. The second kappa shape index (κ2) is 7.89. The van der Waals surface area contributed by atoms with E-state index in [2.05, 4.69) is 68.8 Å². The van der Waals surface area contributed by atoms with Gasteiger partial charge in [0.1, 0.15) is 0 Å². The highest BCUT2D eigenvalue weighted by Crippen LogP contribution is 2.39. The largest absolute Gasteiger partial charge is 0.264 e. The standard InChI is InChI=1S/C23H17BrN4S/c24-19-10-8-17(9-11-19)20-13-22(18-7-4-12-25-14-18)28(27-20)23-26-21(15-29-23)16-5-2-1-3-6-16/h1-12,14-15,22H,13H2. The minimum atomic E-state index is 0.0807. The topological polar surface area (TPSA) is 41.4 Å². The van der Waals surface area contributed by atoms with Gasteiger partial charge in [0.05, 0.1) is 17.4 Å². The second-order valence-electron chi connectivity index (χ2n) is 6.79. The van der Waals surface area contributed by atoms with E-state index in [4.69, 9.17) is 10.1 Å².